The van der Waals surface area contributed by atoms with Crippen molar-refractivity contribution in [1.82, 2.24) is 0 Å². The molecule has 2 atom stereocenters. The van der Waals surface area contributed by atoms with Crippen LogP contribution in [-0.2, 0) is 19.1 Å². The summed E-state index contributed by atoms with van der Waals surface area (Å²) in [5, 5.41) is 19.7. The Morgan fingerprint density at radius 3 is 2.17 bits per heavy atom. The maximum absolute atomic E-state index is 13.8. The lowest BCUT2D eigenvalue weighted by Crippen LogP contribution is -2.28. The van der Waals surface area contributed by atoms with Gasteiger partial charge in [-0.05, 0) is 0 Å². The van der Waals surface area contributed by atoms with Gasteiger partial charge in [0, 0.05) is 22.6 Å². The Hall–Kier alpha value is -2.87. The highest BCUT2D eigenvalue weighted by atomic mass is 19.1. The molecule has 1 aromatic rings. The number of rotatable bonds is 5. The molecule has 1 rings (SSSR count). The van der Waals surface area contributed by atoms with E-state index >= 15 is 0 Å². The zero-order valence-corrected chi connectivity index (χ0v) is 12.1. The summed E-state index contributed by atoms with van der Waals surface area (Å²) >= 11 is 0. The average Bonchev–Trinajstić information content (AvgIpc) is 2.44. The molecule has 1 aromatic carbocycles. The van der Waals surface area contributed by atoms with Crippen LogP contribution in [0.1, 0.15) is 18.4 Å². The van der Waals surface area contributed by atoms with Crippen LogP contribution in [-0.4, -0.2) is 35.8 Å². The summed E-state index contributed by atoms with van der Waals surface area (Å²) < 4.78 is 32.0. The minimum absolute atomic E-state index is 0.250. The first-order chi connectivity index (χ1) is 10.7. The minimum atomic E-state index is -1.34. The standard InChI is InChI=1S/C12H13F2NO5.CO2/c1-6(12(17)20-2)8(5-15(18)19)11-9(13)3-7(16)4-10(11)14;2-1-3/h3-4,6,8,16H,5H2,1-2H3;/t6?,8-;/m1./s1. The van der Waals surface area contributed by atoms with E-state index in [1.54, 1.807) is 0 Å². The fraction of sp³-hybridized carbons (Fsp3) is 0.385. The average molecular weight is 333 g/mol. The molecule has 0 saturated carbocycles. The molecule has 10 heteroatoms. The van der Waals surface area contributed by atoms with Crippen molar-refractivity contribution < 1.29 is 37.9 Å². The van der Waals surface area contributed by atoms with Gasteiger partial charge in [-0.25, -0.2) is 8.78 Å². The number of carbonyl (C=O) groups excluding carboxylic acids is 3. The zero-order valence-electron chi connectivity index (χ0n) is 12.1. The van der Waals surface area contributed by atoms with Crippen LogP contribution in [0.3, 0.4) is 0 Å². The van der Waals surface area contributed by atoms with Gasteiger partial charge in [-0.15, -0.1) is 0 Å². The number of phenols is 1. The lowest BCUT2D eigenvalue weighted by atomic mass is 9.86. The smallest absolute Gasteiger partial charge is 0.373 e. The number of aromatic hydroxyl groups is 1. The van der Waals surface area contributed by atoms with E-state index in [1.165, 1.54) is 6.92 Å². The molecule has 0 heterocycles. The van der Waals surface area contributed by atoms with Gasteiger partial charge in [0.2, 0.25) is 6.54 Å². The van der Waals surface area contributed by atoms with Gasteiger partial charge in [-0.1, -0.05) is 6.92 Å². The predicted octanol–water partition coefficient (Wildman–Crippen LogP) is 1.26. The van der Waals surface area contributed by atoms with E-state index in [1.807, 2.05) is 0 Å². The summed E-state index contributed by atoms with van der Waals surface area (Å²) in [6, 6.07) is 1.27. The Morgan fingerprint density at radius 1 is 1.39 bits per heavy atom. The molecular weight excluding hydrogens is 320 g/mol. The maximum atomic E-state index is 13.8. The van der Waals surface area contributed by atoms with Gasteiger partial charge < -0.3 is 9.84 Å². The number of carbonyl (C=O) groups is 1. The van der Waals surface area contributed by atoms with Gasteiger partial charge in [0.15, 0.2) is 0 Å². The molecule has 0 spiro atoms. The van der Waals surface area contributed by atoms with Crippen molar-refractivity contribution in [3.8, 4) is 5.75 Å². The normalized spacial score (nSPS) is 12.2. The second-order valence-electron chi connectivity index (χ2n) is 4.34. The van der Waals surface area contributed by atoms with Gasteiger partial charge in [0.1, 0.15) is 17.4 Å². The van der Waals surface area contributed by atoms with Crippen molar-refractivity contribution >= 4 is 12.1 Å². The molecule has 1 unspecified atom stereocenters. The number of benzene rings is 1. The summed E-state index contributed by atoms with van der Waals surface area (Å²) in [4.78, 5) is 37.6. The lowest BCUT2D eigenvalue weighted by Gasteiger charge is -2.20. The van der Waals surface area contributed by atoms with Crippen molar-refractivity contribution in [3.63, 3.8) is 0 Å². The van der Waals surface area contributed by atoms with E-state index in [0.717, 1.165) is 7.11 Å². The van der Waals surface area contributed by atoms with E-state index in [9.17, 15) is 23.7 Å². The molecule has 0 fully saturated rings. The monoisotopic (exact) mass is 333 g/mol. The lowest BCUT2D eigenvalue weighted by molar-refractivity contribution is -0.484. The van der Waals surface area contributed by atoms with Crippen molar-refractivity contribution in [2.24, 2.45) is 5.92 Å². The van der Waals surface area contributed by atoms with Gasteiger partial charge >= 0.3 is 12.1 Å². The van der Waals surface area contributed by atoms with Crippen molar-refractivity contribution in [2.45, 2.75) is 12.8 Å². The van der Waals surface area contributed by atoms with E-state index in [0.29, 0.717) is 12.1 Å². The molecule has 0 saturated heterocycles. The van der Waals surface area contributed by atoms with Gasteiger partial charge in [0.05, 0.1) is 18.9 Å². The van der Waals surface area contributed by atoms with Crippen molar-refractivity contribution in [3.05, 3.63) is 39.4 Å². The molecule has 8 nitrogen and oxygen atoms in total. The quantitative estimate of drug-likeness (QED) is 0.488. The number of nitrogens with zero attached hydrogens (tertiary/aromatic N) is 1. The van der Waals surface area contributed by atoms with Crippen LogP contribution in [0.25, 0.3) is 0 Å². The fourth-order valence-corrected chi connectivity index (χ4v) is 1.94. The number of esters is 1. The highest BCUT2D eigenvalue weighted by Gasteiger charge is 2.35. The topological polar surface area (TPSA) is 124 Å². The first kappa shape index (κ1) is 20.1. The zero-order chi connectivity index (χ0) is 18.2. The highest BCUT2D eigenvalue weighted by molar-refractivity contribution is 5.73. The Labute approximate surface area is 128 Å². The van der Waals surface area contributed by atoms with Crippen LogP contribution in [0.15, 0.2) is 12.1 Å². The first-order valence-electron chi connectivity index (χ1n) is 6.06. The maximum Gasteiger partial charge on any atom is 0.373 e. The molecule has 0 aliphatic rings. The SMILES string of the molecule is COC(=O)C(C)[C@@H](C[N+](=O)[O-])c1c(F)cc(O)cc1F.O=C=O. The number of halogens is 2. The van der Waals surface area contributed by atoms with E-state index in [-0.39, 0.29) is 6.15 Å². The Kier molecular flexibility index (Phi) is 8.06. The number of phenolic OH excluding ortho intramolecular Hbond substituents is 1. The summed E-state index contributed by atoms with van der Waals surface area (Å²) in [7, 11) is 1.07. The van der Waals surface area contributed by atoms with Crippen LogP contribution in [0, 0.1) is 27.7 Å². The third-order valence-corrected chi connectivity index (χ3v) is 2.96. The van der Waals surface area contributed by atoms with Gasteiger partial charge in [-0.3, -0.25) is 14.9 Å². The minimum Gasteiger partial charge on any atom is -0.508 e. The highest BCUT2D eigenvalue weighted by Crippen LogP contribution is 2.32. The largest absolute Gasteiger partial charge is 0.508 e. The summed E-state index contributed by atoms with van der Waals surface area (Å²) in [6.07, 6.45) is 0.250. The molecule has 0 bridgehead atoms. The Bertz CT molecular complexity index is 591. The molecule has 0 aliphatic carbocycles. The van der Waals surface area contributed by atoms with Crippen LogP contribution in [0.5, 0.6) is 5.75 Å². The number of hydrogen-bond donors (Lipinski definition) is 1. The molecule has 0 aliphatic heterocycles. The van der Waals surface area contributed by atoms with E-state index < -0.39 is 52.2 Å². The van der Waals surface area contributed by atoms with E-state index in [4.69, 9.17) is 14.7 Å². The van der Waals surface area contributed by atoms with Crippen LogP contribution in [0.4, 0.5) is 8.78 Å². The van der Waals surface area contributed by atoms with Crippen molar-refractivity contribution in [1.29, 1.82) is 0 Å². The third kappa shape index (κ3) is 5.79. The molecule has 126 valence electrons. The second-order valence-corrected chi connectivity index (χ2v) is 4.34. The van der Waals surface area contributed by atoms with Crippen molar-refractivity contribution in [2.75, 3.05) is 13.7 Å². The number of methoxy groups -OCH3 is 1. The fourth-order valence-electron chi connectivity index (χ4n) is 1.94. The molecule has 0 radical (unpaired) electrons. The Morgan fingerprint density at radius 2 is 1.83 bits per heavy atom. The molecular formula is C13H13F2NO7. The van der Waals surface area contributed by atoms with Crippen LogP contribution in [0.2, 0.25) is 0 Å². The van der Waals surface area contributed by atoms with Gasteiger partial charge in [0.25, 0.3) is 0 Å². The first-order valence-corrected chi connectivity index (χ1v) is 6.06. The molecule has 0 amide bonds. The Balaban J connectivity index is 0.00000149. The summed E-state index contributed by atoms with van der Waals surface area (Å²) in [5.41, 5.74) is -0.614. The third-order valence-electron chi connectivity index (χ3n) is 2.96. The predicted molar refractivity (Wildman–Crippen MR) is 68.8 cm³/mol. The molecule has 0 aromatic heterocycles. The van der Waals surface area contributed by atoms with Crippen LogP contribution < -0.4 is 0 Å². The van der Waals surface area contributed by atoms with Gasteiger partial charge in [-0.2, -0.15) is 9.59 Å². The summed E-state index contributed by atoms with van der Waals surface area (Å²) in [5.74, 6) is -6.20. The molecule has 1 N–H and O–H groups in total. The number of hydrogen-bond acceptors (Lipinski definition) is 7. The molecule has 23 heavy (non-hydrogen) atoms. The second kappa shape index (κ2) is 9.21. The van der Waals surface area contributed by atoms with E-state index in [2.05, 4.69) is 4.74 Å². The number of ether oxygens (including phenoxy) is 1. The summed E-state index contributed by atoms with van der Waals surface area (Å²) in [6.45, 7) is 0.445. The number of nitro groups is 1. The van der Waals surface area contributed by atoms with Crippen LogP contribution >= 0.6 is 0 Å².